The van der Waals surface area contributed by atoms with Crippen LogP contribution in [0.15, 0.2) is 24.3 Å². The number of nitrogens with zero attached hydrogens (tertiary/aromatic N) is 1. The van der Waals surface area contributed by atoms with Crippen LogP contribution >= 0.6 is 0 Å². The van der Waals surface area contributed by atoms with Gasteiger partial charge < -0.3 is 15.2 Å². The second kappa shape index (κ2) is 6.19. The van der Waals surface area contributed by atoms with Crippen molar-refractivity contribution in [2.24, 2.45) is 5.41 Å². The van der Waals surface area contributed by atoms with E-state index >= 15 is 0 Å². The molecule has 0 saturated carbocycles. The second-order valence-electron chi connectivity index (χ2n) is 8.53. The Labute approximate surface area is 163 Å². The van der Waals surface area contributed by atoms with Gasteiger partial charge in [0.15, 0.2) is 5.78 Å². The maximum atomic E-state index is 12.5. The first-order valence-electron chi connectivity index (χ1n) is 9.29. The molecule has 1 aromatic heterocycles. The predicted molar refractivity (Wildman–Crippen MR) is 108 cm³/mol. The number of ketones is 1. The lowest BCUT2D eigenvalue weighted by Crippen LogP contribution is -2.26. The minimum absolute atomic E-state index is 0.0713. The van der Waals surface area contributed by atoms with Crippen molar-refractivity contribution >= 4 is 34.9 Å². The average molecular weight is 377 g/mol. The Morgan fingerprint density at radius 2 is 1.86 bits per heavy atom. The number of anilines is 1. The van der Waals surface area contributed by atoms with E-state index in [-0.39, 0.29) is 23.0 Å². The van der Waals surface area contributed by atoms with Crippen molar-refractivity contribution in [2.45, 2.75) is 26.7 Å². The van der Waals surface area contributed by atoms with Crippen molar-refractivity contribution in [3.05, 3.63) is 52.3 Å². The molecule has 0 bridgehead atoms. The Bertz CT molecular complexity index is 1060. The molecule has 0 unspecified atom stereocenters. The van der Waals surface area contributed by atoms with Crippen LogP contribution in [0.25, 0.3) is 11.6 Å². The Hall–Kier alpha value is -3.15. The number of benzene rings is 1. The summed E-state index contributed by atoms with van der Waals surface area (Å²) in [4.78, 5) is 42.0. The molecule has 2 heterocycles. The van der Waals surface area contributed by atoms with Gasteiger partial charge in [0.05, 0.1) is 5.57 Å². The van der Waals surface area contributed by atoms with Crippen LogP contribution in [0.5, 0.6) is 0 Å². The first kappa shape index (κ1) is 18.2. The van der Waals surface area contributed by atoms with E-state index < -0.39 is 0 Å². The van der Waals surface area contributed by atoms with Crippen LogP contribution in [0.3, 0.4) is 0 Å². The van der Waals surface area contributed by atoms with Gasteiger partial charge in [-0.3, -0.25) is 14.4 Å². The molecule has 0 saturated heterocycles. The summed E-state index contributed by atoms with van der Waals surface area (Å²) in [6.07, 6.45) is 3.07. The van der Waals surface area contributed by atoms with Crippen LogP contribution in [0.2, 0.25) is 0 Å². The van der Waals surface area contributed by atoms with E-state index in [2.05, 4.69) is 24.1 Å². The van der Waals surface area contributed by atoms with Crippen molar-refractivity contribution in [1.29, 1.82) is 0 Å². The summed E-state index contributed by atoms with van der Waals surface area (Å²) in [7, 11) is 3.38. The van der Waals surface area contributed by atoms with Gasteiger partial charge in [0.2, 0.25) is 0 Å². The van der Waals surface area contributed by atoms with Crippen LogP contribution in [0.4, 0.5) is 5.69 Å². The Balaban J connectivity index is 1.75. The highest BCUT2D eigenvalue weighted by Crippen LogP contribution is 2.37. The molecule has 2 aliphatic rings. The number of hydrogen-bond acceptors (Lipinski definition) is 3. The van der Waals surface area contributed by atoms with Crippen LogP contribution in [0, 0.1) is 5.41 Å². The smallest absolute Gasteiger partial charge is 0.256 e. The number of hydrogen-bond donors (Lipinski definition) is 2. The minimum Gasteiger partial charge on any atom is -0.358 e. The van der Waals surface area contributed by atoms with Crippen LogP contribution in [-0.2, 0) is 11.2 Å². The lowest BCUT2D eigenvalue weighted by Gasteiger charge is -2.27. The third-order valence-electron chi connectivity index (χ3n) is 5.27. The standard InChI is InChI=1S/C22H23N3O3/c1-22(2)10-18-16(19(26)11-22)9-13(23-18)8-15-14-7-12(21(28)25(3)4)5-6-17(14)24-20(15)27/h5-9,23H,10-11H2,1-4H3,(H,24,27). The highest BCUT2D eigenvalue weighted by Gasteiger charge is 2.32. The number of rotatable bonds is 2. The van der Waals surface area contributed by atoms with Crippen LogP contribution < -0.4 is 5.32 Å². The number of Topliss-reactive ketones (excluding diaryl/α,β-unsaturated/α-hetero) is 1. The molecule has 1 aliphatic carbocycles. The lowest BCUT2D eigenvalue weighted by atomic mass is 9.76. The van der Waals surface area contributed by atoms with Crippen molar-refractivity contribution in [3.63, 3.8) is 0 Å². The molecule has 6 nitrogen and oxygen atoms in total. The van der Waals surface area contributed by atoms with Crippen LogP contribution in [-0.4, -0.2) is 41.6 Å². The SMILES string of the molecule is CN(C)C(=O)c1ccc2c(c1)C(=Cc1cc3c([nH]1)CC(C)(C)CC3=O)C(=O)N2. The van der Waals surface area contributed by atoms with Gasteiger partial charge in [-0.25, -0.2) is 0 Å². The Kier molecular flexibility index (Phi) is 4.03. The zero-order valence-corrected chi connectivity index (χ0v) is 16.5. The summed E-state index contributed by atoms with van der Waals surface area (Å²) >= 11 is 0. The van der Waals surface area contributed by atoms with E-state index in [4.69, 9.17) is 0 Å². The Morgan fingerprint density at radius 1 is 1.11 bits per heavy atom. The summed E-state index contributed by atoms with van der Waals surface area (Å²) in [5.41, 5.74) is 4.65. The molecule has 2 aromatic rings. The molecule has 0 atom stereocenters. The summed E-state index contributed by atoms with van der Waals surface area (Å²) in [6, 6.07) is 7.01. The first-order valence-corrected chi connectivity index (χ1v) is 9.29. The number of fused-ring (bicyclic) bond motifs is 2. The fourth-order valence-corrected chi connectivity index (χ4v) is 3.94. The van der Waals surface area contributed by atoms with Gasteiger partial charge in [-0.05, 0) is 42.2 Å². The summed E-state index contributed by atoms with van der Waals surface area (Å²) in [6.45, 7) is 4.16. The summed E-state index contributed by atoms with van der Waals surface area (Å²) < 4.78 is 0. The maximum absolute atomic E-state index is 12.5. The predicted octanol–water partition coefficient (Wildman–Crippen LogP) is 3.36. The number of aromatic amines is 1. The summed E-state index contributed by atoms with van der Waals surface area (Å²) in [5.74, 6) is -0.212. The number of carbonyl (C=O) groups excluding carboxylic acids is 3. The molecule has 2 N–H and O–H groups in total. The molecular weight excluding hydrogens is 354 g/mol. The molecule has 1 aliphatic heterocycles. The second-order valence-corrected chi connectivity index (χ2v) is 8.53. The van der Waals surface area contributed by atoms with Gasteiger partial charge >= 0.3 is 0 Å². The van der Waals surface area contributed by atoms with Gasteiger partial charge in [-0.1, -0.05) is 13.8 Å². The van der Waals surface area contributed by atoms with Crippen LogP contribution in [0.1, 0.15) is 57.9 Å². The minimum atomic E-state index is -0.219. The molecule has 0 spiro atoms. The van der Waals surface area contributed by atoms with Gasteiger partial charge in [0, 0.05) is 54.3 Å². The number of nitrogens with one attached hydrogen (secondary N) is 2. The molecule has 144 valence electrons. The number of H-pyrrole nitrogens is 1. The van der Waals surface area contributed by atoms with Gasteiger partial charge in [0.25, 0.3) is 11.8 Å². The normalized spacial score (nSPS) is 18.6. The number of amides is 2. The highest BCUT2D eigenvalue weighted by atomic mass is 16.2. The molecular formula is C22H23N3O3. The van der Waals surface area contributed by atoms with E-state index in [0.29, 0.717) is 34.4 Å². The number of aromatic nitrogens is 1. The van der Waals surface area contributed by atoms with Gasteiger partial charge in [-0.15, -0.1) is 0 Å². The van der Waals surface area contributed by atoms with Crippen molar-refractivity contribution in [3.8, 4) is 0 Å². The van der Waals surface area contributed by atoms with E-state index in [1.165, 1.54) is 4.90 Å². The third-order valence-corrected chi connectivity index (χ3v) is 5.27. The highest BCUT2D eigenvalue weighted by molar-refractivity contribution is 6.35. The lowest BCUT2D eigenvalue weighted by molar-refractivity contribution is -0.110. The topological polar surface area (TPSA) is 82.3 Å². The molecule has 4 rings (SSSR count). The molecule has 0 radical (unpaired) electrons. The fourth-order valence-electron chi connectivity index (χ4n) is 3.94. The van der Waals surface area contributed by atoms with Crippen molar-refractivity contribution in [2.75, 3.05) is 19.4 Å². The fraction of sp³-hybridized carbons (Fsp3) is 0.318. The zero-order chi connectivity index (χ0) is 20.2. The largest absolute Gasteiger partial charge is 0.358 e. The zero-order valence-electron chi connectivity index (χ0n) is 16.5. The Morgan fingerprint density at radius 3 is 2.57 bits per heavy atom. The average Bonchev–Trinajstić information content (AvgIpc) is 3.14. The molecule has 6 heteroatoms. The van der Waals surface area contributed by atoms with E-state index in [1.807, 2.05) is 6.07 Å². The van der Waals surface area contributed by atoms with E-state index in [0.717, 1.165) is 17.8 Å². The van der Waals surface area contributed by atoms with Gasteiger partial charge in [-0.2, -0.15) is 0 Å². The third kappa shape index (κ3) is 3.05. The first-order chi connectivity index (χ1) is 13.1. The van der Waals surface area contributed by atoms with Gasteiger partial charge in [0.1, 0.15) is 0 Å². The van der Waals surface area contributed by atoms with E-state index in [9.17, 15) is 14.4 Å². The molecule has 2 amide bonds. The number of carbonyl (C=O) groups is 3. The maximum Gasteiger partial charge on any atom is 0.256 e. The van der Waals surface area contributed by atoms with E-state index in [1.54, 1.807) is 38.4 Å². The summed E-state index contributed by atoms with van der Waals surface area (Å²) in [5, 5.41) is 2.83. The molecule has 0 fully saturated rings. The molecule has 1 aromatic carbocycles. The van der Waals surface area contributed by atoms with Crippen molar-refractivity contribution < 1.29 is 14.4 Å². The van der Waals surface area contributed by atoms with Crippen molar-refractivity contribution in [1.82, 2.24) is 9.88 Å². The quantitative estimate of drug-likeness (QED) is 0.787. The molecule has 28 heavy (non-hydrogen) atoms. The monoisotopic (exact) mass is 377 g/mol.